The Labute approximate surface area is 171 Å². The summed E-state index contributed by atoms with van der Waals surface area (Å²) in [7, 11) is 5.23. The molecule has 3 rings (SSSR count). The van der Waals surface area contributed by atoms with Crippen molar-refractivity contribution >= 4 is 40.0 Å². The zero-order valence-corrected chi connectivity index (χ0v) is 17.6. The Morgan fingerprint density at radius 3 is 2.61 bits per heavy atom. The third kappa shape index (κ3) is 4.39. The van der Waals surface area contributed by atoms with Gasteiger partial charge in [-0.05, 0) is 6.92 Å². The van der Waals surface area contributed by atoms with E-state index < -0.39 is 0 Å². The number of thiazole rings is 1. The van der Waals surface area contributed by atoms with E-state index in [9.17, 15) is 9.59 Å². The van der Waals surface area contributed by atoms with Crippen LogP contribution in [0.5, 0.6) is 0 Å². The lowest BCUT2D eigenvalue weighted by Gasteiger charge is -2.07. The molecule has 0 saturated carbocycles. The molecule has 0 aliphatic rings. The van der Waals surface area contributed by atoms with E-state index in [1.165, 1.54) is 28.0 Å². The fourth-order valence-corrected chi connectivity index (χ4v) is 4.13. The van der Waals surface area contributed by atoms with E-state index in [0.717, 1.165) is 11.4 Å². The molecule has 0 aliphatic heterocycles. The number of aryl methyl sites for hydroxylation is 1. The highest BCUT2D eigenvalue weighted by atomic mass is 32.2. The Morgan fingerprint density at radius 1 is 1.21 bits per heavy atom. The maximum atomic E-state index is 12.3. The third-order valence-electron chi connectivity index (χ3n) is 3.84. The van der Waals surface area contributed by atoms with Crippen molar-refractivity contribution in [1.29, 1.82) is 0 Å². The molecule has 0 unspecified atom stereocenters. The summed E-state index contributed by atoms with van der Waals surface area (Å²) in [6.07, 6.45) is 0. The van der Waals surface area contributed by atoms with Gasteiger partial charge in [0.05, 0.1) is 11.4 Å². The molecule has 1 N–H and O–H groups in total. The van der Waals surface area contributed by atoms with Crippen molar-refractivity contribution < 1.29 is 9.59 Å². The number of nitrogens with zero attached hydrogens (tertiary/aromatic N) is 5. The van der Waals surface area contributed by atoms with Crippen LogP contribution in [-0.2, 0) is 11.8 Å². The van der Waals surface area contributed by atoms with E-state index >= 15 is 0 Å². The monoisotopic (exact) mass is 416 g/mol. The fourth-order valence-electron chi connectivity index (χ4n) is 2.42. The summed E-state index contributed by atoms with van der Waals surface area (Å²) in [4.78, 5) is 30.6. The van der Waals surface area contributed by atoms with Crippen molar-refractivity contribution in [1.82, 2.24) is 24.6 Å². The average Bonchev–Trinajstić information content (AvgIpc) is 3.22. The van der Waals surface area contributed by atoms with Crippen LogP contribution in [0.15, 0.2) is 35.5 Å². The van der Waals surface area contributed by atoms with Gasteiger partial charge in [-0.15, -0.1) is 10.2 Å². The zero-order chi connectivity index (χ0) is 20.3. The van der Waals surface area contributed by atoms with Gasteiger partial charge >= 0.3 is 0 Å². The lowest BCUT2D eigenvalue weighted by Crippen LogP contribution is -2.21. The Hall–Kier alpha value is -2.72. The van der Waals surface area contributed by atoms with Crippen molar-refractivity contribution in [2.75, 3.05) is 25.2 Å². The van der Waals surface area contributed by atoms with Crippen LogP contribution in [0.3, 0.4) is 0 Å². The van der Waals surface area contributed by atoms with Gasteiger partial charge in [0.25, 0.3) is 5.91 Å². The molecular formula is C18H20N6O2S2. The maximum Gasteiger partial charge on any atom is 0.265 e. The largest absolute Gasteiger partial charge is 0.344 e. The minimum Gasteiger partial charge on any atom is -0.344 e. The number of rotatable bonds is 6. The molecule has 0 atom stereocenters. The number of benzene rings is 1. The van der Waals surface area contributed by atoms with Gasteiger partial charge in [0.1, 0.15) is 4.88 Å². The van der Waals surface area contributed by atoms with Crippen molar-refractivity contribution in [3.05, 3.63) is 40.9 Å². The Balaban J connectivity index is 1.62. The molecule has 2 aromatic heterocycles. The lowest BCUT2D eigenvalue weighted by atomic mass is 10.2. The summed E-state index contributed by atoms with van der Waals surface area (Å²) in [5.74, 6) is 0.561. The normalized spacial score (nSPS) is 10.7. The first-order chi connectivity index (χ1) is 13.4. The summed E-state index contributed by atoms with van der Waals surface area (Å²) in [6, 6.07) is 9.74. The molecule has 0 fully saturated rings. The summed E-state index contributed by atoms with van der Waals surface area (Å²) >= 11 is 2.46. The van der Waals surface area contributed by atoms with Crippen LogP contribution >= 0.6 is 23.1 Å². The molecule has 0 aliphatic carbocycles. The number of aromatic nitrogens is 4. The molecule has 0 radical (unpaired) electrons. The smallest absolute Gasteiger partial charge is 0.265 e. The molecular weight excluding hydrogens is 396 g/mol. The molecule has 3 aromatic rings. The molecule has 0 spiro atoms. The van der Waals surface area contributed by atoms with Gasteiger partial charge in [-0.3, -0.25) is 9.59 Å². The molecule has 8 nitrogen and oxygen atoms in total. The van der Waals surface area contributed by atoms with Crippen LogP contribution in [0.4, 0.5) is 5.13 Å². The molecule has 28 heavy (non-hydrogen) atoms. The number of nitrogens with one attached hydrogen (secondary N) is 1. The SMILES string of the molecule is Cc1nc(NC(=O)CSc2nnc(-c3ccccc3)n2C)sc1C(=O)N(C)C. The van der Waals surface area contributed by atoms with Crippen LogP contribution in [0.2, 0.25) is 0 Å². The van der Waals surface area contributed by atoms with E-state index in [2.05, 4.69) is 20.5 Å². The Morgan fingerprint density at radius 2 is 1.93 bits per heavy atom. The van der Waals surface area contributed by atoms with Crippen molar-refractivity contribution in [3.8, 4) is 11.4 Å². The minimum absolute atomic E-state index is 0.127. The van der Waals surface area contributed by atoms with Gasteiger partial charge in [0, 0.05) is 26.7 Å². The van der Waals surface area contributed by atoms with Crippen LogP contribution in [0, 0.1) is 6.92 Å². The van der Waals surface area contributed by atoms with E-state index in [0.29, 0.717) is 20.9 Å². The van der Waals surface area contributed by atoms with Gasteiger partial charge in [-0.1, -0.05) is 53.4 Å². The topological polar surface area (TPSA) is 93.0 Å². The number of hydrogen-bond donors (Lipinski definition) is 1. The van der Waals surface area contributed by atoms with Gasteiger partial charge < -0.3 is 14.8 Å². The van der Waals surface area contributed by atoms with E-state index in [1.54, 1.807) is 21.0 Å². The number of thioether (sulfide) groups is 1. The van der Waals surface area contributed by atoms with Crippen molar-refractivity contribution in [2.45, 2.75) is 12.1 Å². The van der Waals surface area contributed by atoms with Crippen LogP contribution in [0.25, 0.3) is 11.4 Å². The molecule has 0 saturated heterocycles. The van der Waals surface area contributed by atoms with Gasteiger partial charge in [0.15, 0.2) is 16.1 Å². The standard InChI is InChI=1S/C18H20N6O2S2/c1-11-14(16(26)23(2)3)28-17(19-11)20-13(25)10-27-18-22-21-15(24(18)4)12-8-6-5-7-9-12/h5-9H,10H2,1-4H3,(H,19,20,25). The number of amides is 2. The number of carbonyl (C=O) groups excluding carboxylic acids is 2. The van der Waals surface area contributed by atoms with Crippen LogP contribution in [-0.4, -0.2) is 56.3 Å². The van der Waals surface area contributed by atoms with E-state index in [4.69, 9.17) is 0 Å². The van der Waals surface area contributed by atoms with E-state index in [1.807, 2.05) is 41.9 Å². The predicted molar refractivity (Wildman–Crippen MR) is 111 cm³/mol. The highest BCUT2D eigenvalue weighted by Crippen LogP contribution is 2.25. The fraction of sp³-hybridized carbons (Fsp3) is 0.278. The Bertz CT molecular complexity index is 997. The molecule has 1 aromatic carbocycles. The first-order valence-corrected chi connectivity index (χ1v) is 10.2. The second kappa shape index (κ2) is 8.53. The summed E-state index contributed by atoms with van der Waals surface area (Å²) in [6.45, 7) is 1.75. The van der Waals surface area contributed by atoms with Gasteiger partial charge in [-0.25, -0.2) is 4.98 Å². The lowest BCUT2D eigenvalue weighted by molar-refractivity contribution is -0.113. The maximum absolute atomic E-state index is 12.3. The second-order valence-electron chi connectivity index (χ2n) is 6.20. The van der Waals surface area contributed by atoms with Crippen LogP contribution in [0.1, 0.15) is 15.4 Å². The first kappa shape index (κ1) is 20.0. The summed E-state index contributed by atoms with van der Waals surface area (Å²) in [5, 5.41) is 12.2. The van der Waals surface area contributed by atoms with Gasteiger partial charge in [0.2, 0.25) is 5.91 Å². The molecule has 2 amide bonds. The summed E-state index contributed by atoms with van der Waals surface area (Å²) in [5.41, 5.74) is 1.57. The van der Waals surface area contributed by atoms with Crippen LogP contribution < -0.4 is 5.32 Å². The quantitative estimate of drug-likeness (QED) is 0.621. The first-order valence-electron chi connectivity index (χ1n) is 8.43. The number of carbonyl (C=O) groups is 2. The molecule has 2 heterocycles. The molecule has 146 valence electrons. The highest BCUT2D eigenvalue weighted by molar-refractivity contribution is 7.99. The Kier molecular flexibility index (Phi) is 6.10. The number of hydrogen-bond acceptors (Lipinski definition) is 7. The molecule has 0 bridgehead atoms. The summed E-state index contributed by atoms with van der Waals surface area (Å²) < 4.78 is 1.86. The molecule has 10 heteroatoms. The van der Waals surface area contributed by atoms with Crippen molar-refractivity contribution in [2.24, 2.45) is 7.05 Å². The van der Waals surface area contributed by atoms with Crippen molar-refractivity contribution in [3.63, 3.8) is 0 Å². The second-order valence-corrected chi connectivity index (χ2v) is 8.14. The van der Waals surface area contributed by atoms with E-state index in [-0.39, 0.29) is 17.6 Å². The minimum atomic E-state index is -0.216. The average molecular weight is 417 g/mol. The zero-order valence-electron chi connectivity index (χ0n) is 16.0. The number of anilines is 1. The third-order valence-corrected chi connectivity index (χ3v) is 5.92. The highest BCUT2D eigenvalue weighted by Gasteiger charge is 2.18. The predicted octanol–water partition coefficient (Wildman–Crippen LogP) is 2.68. The van der Waals surface area contributed by atoms with Gasteiger partial charge in [-0.2, -0.15) is 0 Å².